The van der Waals surface area contributed by atoms with Gasteiger partial charge < -0.3 is 16.0 Å². The fraction of sp³-hybridized carbons (Fsp3) is 0.296. The van der Waals surface area contributed by atoms with Crippen molar-refractivity contribution in [2.24, 2.45) is 0 Å². The molecule has 0 saturated heterocycles. The van der Waals surface area contributed by atoms with Crippen molar-refractivity contribution in [3.8, 4) is 11.3 Å². The van der Waals surface area contributed by atoms with Crippen LogP contribution in [0.15, 0.2) is 71.5 Å². The second-order valence-corrected chi connectivity index (χ2v) is 8.60. The van der Waals surface area contributed by atoms with Gasteiger partial charge in [-0.25, -0.2) is 0 Å². The van der Waals surface area contributed by atoms with Crippen LogP contribution >= 0.6 is 0 Å². The number of aromatic nitrogens is 1. The number of hydrogen-bond acceptors (Lipinski definition) is 4. The van der Waals surface area contributed by atoms with E-state index in [4.69, 9.17) is 0 Å². The van der Waals surface area contributed by atoms with E-state index < -0.39 is 11.6 Å². The Balaban J connectivity index is 1.63. The summed E-state index contributed by atoms with van der Waals surface area (Å²) in [5, 5.41) is 8.66. The van der Waals surface area contributed by atoms with E-state index in [1.165, 1.54) is 10.1 Å². The minimum atomic E-state index is -0.462. The zero-order valence-electron chi connectivity index (χ0n) is 19.5. The van der Waals surface area contributed by atoms with Gasteiger partial charge in [0.15, 0.2) is 0 Å². The first-order valence-electron chi connectivity index (χ1n) is 11.6. The van der Waals surface area contributed by atoms with E-state index >= 15 is 0 Å². The minimum Gasteiger partial charge on any atom is -0.348 e. The van der Waals surface area contributed by atoms with Crippen LogP contribution in [0.2, 0.25) is 0 Å². The van der Waals surface area contributed by atoms with Gasteiger partial charge >= 0.3 is 0 Å². The molecule has 0 saturated carbocycles. The minimum absolute atomic E-state index is 0.0762. The van der Waals surface area contributed by atoms with E-state index in [1.807, 2.05) is 42.5 Å². The van der Waals surface area contributed by atoms with Crippen molar-refractivity contribution in [1.29, 1.82) is 0 Å². The van der Waals surface area contributed by atoms with E-state index in [9.17, 15) is 14.4 Å². The van der Waals surface area contributed by atoms with Gasteiger partial charge in [-0.1, -0.05) is 54.6 Å². The van der Waals surface area contributed by atoms with Gasteiger partial charge in [-0.05, 0) is 62.1 Å². The number of nitrogens with one attached hydrogen (secondary N) is 3. The van der Waals surface area contributed by atoms with Crippen LogP contribution in [0.5, 0.6) is 0 Å². The van der Waals surface area contributed by atoms with Crippen molar-refractivity contribution in [3.63, 3.8) is 0 Å². The zero-order valence-corrected chi connectivity index (χ0v) is 19.5. The summed E-state index contributed by atoms with van der Waals surface area (Å²) < 4.78 is 1.43. The third kappa shape index (κ3) is 5.10. The number of benzene rings is 2. The third-order valence-corrected chi connectivity index (χ3v) is 6.33. The van der Waals surface area contributed by atoms with Crippen molar-refractivity contribution in [2.75, 3.05) is 12.4 Å². The SMILES string of the molecule is CNC(C)C(=O)Nc1ccc(-c2ccccc2)n(CC(=O)NC2CCCc3ccccc32)c1=O. The lowest BCUT2D eigenvalue weighted by atomic mass is 9.88. The maximum Gasteiger partial charge on any atom is 0.275 e. The second-order valence-electron chi connectivity index (χ2n) is 8.60. The molecule has 0 spiro atoms. The Kier molecular flexibility index (Phi) is 7.23. The van der Waals surface area contributed by atoms with Gasteiger partial charge in [0.25, 0.3) is 5.56 Å². The number of rotatable bonds is 7. The first-order chi connectivity index (χ1) is 16.5. The van der Waals surface area contributed by atoms with Gasteiger partial charge in [0.2, 0.25) is 11.8 Å². The molecule has 1 heterocycles. The number of nitrogens with zero attached hydrogens (tertiary/aromatic N) is 1. The Morgan fingerprint density at radius 2 is 1.76 bits per heavy atom. The number of carbonyl (C=O) groups is 2. The van der Waals surface area contributed by atoms with E-state index in [-0.39, 0.29) is 30.1 Å². The molecular weight excluding hydrogens is 428 g/mol. The number of aryl methyl sites for hydroxylation is 1. The highest BCUT2D eigenvalue weighted by molar-refractivity contribution is 5.94. The predicted molar refractivity (Wildman–Crippen MR) is 134 cm³/mol. The standard InChI is InChI=1S/C27H30N4O3/c1-18(28-2)26(33)30-23-15-16-24(20-10-4-3-5-11-20)31(27(23)34)17-25(32)29-22-14-8-12-19-9-6-7-13-21(19)22/h3-7,9-11,13,15-16,18,22,28H,8,12,14,17H2,1-2H3,(H,29,32)(H,30,33). The van der Waals surface area contributed by atoms with Crippen molar-refractivity contribution < 1.29 is 9.59 Å². The van der Waals surface area contributed by atoms with Gasteiger partial charge in [0, 0.05) is 0 Å². The number of amides is 2. The second kappa shape index (κ2) is 10.5. The van der Waals surface area contributed by atoms with Gasteiger partial charge in [0.1, 0.15) is 12.2 Å². The molecule has 4 rings (SSSR count). The summed E-state index contributed by atoms with van der Waals surface area (Å²) in [6, 6.07) is 20.4. The summed E-state index contributed by atoms with van der Waals surface area (Å²) in [5.74, 6) is -0.560. The lowest BCUT2D eigenvalue weighted by molar-refractivity contribution is -0.122. The molecule has 2 atom stereocenters. The maximum atomic E-state index is 13.4. The van der Waals surface area contributed by atoms with Crippen molar-refractivity contribution in [3.05, 3.63) is 88.2 Å². The van der Waals surface area contributed by atoms with Crippen molar-refractivity contribution in [1.82, 2.24) is 15.2 Å². The summed E-state index contributed by atoms with van der Waals surface area (Å²) >= 11 is 0. The molecule has 0 radical (unpaired) electrons. The molecule has 7 heteroatoms. The molecule has 0 aliphatic heterocycles. The Bertz CT molecular complexity index is 1240. The molecule has 2 unspecified atom stereocenters. The Hall–Kier alpha value is -3.71. The van der Waals surface area contributed by atoms with Crippen LogP contribution in [-0.2, 0) is 22.6 Å². The molecule has 2 amide bonds. The molecule has 7 nitrogen and oxygen atoms in total. The fourth-order valence-electron chi connectivity index (χ4n) is 4.35. The molecule has 3 aromatic rings. The Morgan fingerprint density at radius 3 is 2.53 bits per heavy atom. The molecule has 1 aliphatic carbocycles. The van der Waals surface area contributed by atoms with Crippen LogP contribution in [-0.4, -0.2) is 29.5 Å². The molecule has 2 aromatic carbocycles. The number of pyridine rings is 1. The highest BCUT2D eigenvalue weighted by Crippen LogP contribution is 2.29. The average molecular weight is 459 g/mol. The van der Waals surface area contributed by atoms with E-state index in [0.717, 1.165) is 30.4 Å². The topological polar surface area (TPSA) is 92.2 Å². The predicted octanol–water partition coefficient (Wildman–Crippen LogP) is 3.26. The largest absolute Gasteiger partial charge is 0.348 e. The Morgan fingerprint density at radius 1 is 1.03 bits per heavy atom. The molecule has 0 bridgehead atoms. The quantitative estimate of drug-likeness (QED) is 0.507. The first kappa shape index (κ1) is 23.4. The number of likely N-dealkylation sites (N-methyl/N-ethyl adjacent to an activating group) is 1. The smallest absolute Gasteiger partial charge is 0.275 e. The van der Waals surface area contributed by atoms with E-state index in [1.54, 1.807) is 26.1 Å². The summed E-state index contributed by atoms with van der Waals surface area (Å²) in [4.78, 5) is 38.9. The van der Waals surface area contributed by atoms with Crippen LogP contribution in [0.25, 0.3) is 11.3 Å². The lowest BCUT2D eigenvalue weighted by Crippen LogP contribution is -2.39. The van der Waals surface area contributed by atoms with Crippen molar-refractivity contribution >= 4 is 17.5 Å². The summed E-state index contributed by atoms with van der Waals surface area (Å²) in [6.07, 6.45) is 2.87. The summed E-state index contributed by atoms with van der Waals surface area (Å²) in [7, 11) is 1.68. The van der Waals surface area contributed by atoms with Crippen LogP contribution in [0, 0.1) is 0 Å². The summed E-state index contributed by atoms with van der Waals surface area (Å²) in [6.45, 7) is 1.56. The van der Waals surface area contributed by atoms with Crippen LogP contribution in [0.1, 0.15) is 36.9 Å². The number of anilines is 1. The molecule has 1 aliphatic rings. The molecule has 3 N–H and O–H groups in total. The van der Waals surface area contributed by atoms with Gasteiger partial charge in [-0.3, -0.25) is 19.0 Å². The van der Waals surface area contributed by atoms with Crippen molar-refractivity contribution in [2.45, 2.75) is 44.8 Å². The molecule has 34 heavy (non-hydrogen) atoms. The van der Waals surface area contributed by atoms with Gasteiger partial charge in [-0.15, -0.1) is 0 Å². The highest BCUT2D eigenvalue weighted by atomic mass is 16.2. The first-order valence-corrected chi connectivity index (χ1v) is 11.6. The number of carbonyl (C=O) groups excluding carboxylic acids is 2. The van der Waals surface area contributed by atoms with Gasteiger partial charge in [0.05, 0.1) is 17.8 Å². The fourth-order valence-corrected chi connectivity index (χ4v) is 4.35. The van der Waals surface area contributed by atoms with Crippen LogP contribution in [0.3, 0.4) is 0 Å². The van der Waals surface area contributed by atoms with Crippen LogP contribution in [0.4, 0.5) is 5.69 Å². The number of hydrogen-bond donors (Lipinski definition) is 3. The third-order valence-electron chi connectivity index (χ3n) is 6.33. The summed E-state index contributed by atoms with van der Waals surface area (Å²) in [5.41, 5.74) is 3.55. The van der Waals surface area contributed by atoms with Crippen LogP contribution < -0.4 is 21.5 Å². The van der Waals surface area contributed by atoms with E-state index in [2.05, 4.69) is 28.1 Å². The maximum absolute atomic E-state index is 13.4. The van der Waals surface area contributed by atoms with Gasteiger partial charge in [-0.2, -0.15) is 0 Å². The van der Waals surface area contributed by atoms with E-state index in [0.29, 0.717) is 5.69 Å². The highest BCUT2D eigenvalue weighted by Gasteiger charge is 2.23. The zero-order chi connectivity index (χ0) is 24.1. The molecule has 176 valence electrons. The average Bonchev–Trinajstić information content (AvgIpc) is 2.86. The Labute approximate surface area is 199 Å². The number of fused-ring (bicyclic) bond motifs is 1. The molecule has 0 fully saturated rings. The monoisotopic (exact) mass is 458 g/mol. The lowest BCUT2D eigenvalue weighted by Gasteiger charge is -2.26. The normalized spacial score (nSPS) is 15.8. The molecular formula is C27H30N4O3. The molecule has 1 aromatic heterocycles.